The first-order valence-electron chi connectivity index (χ1n) is 12.2. The van der Waals surface area contributed by atoms with Gasteiger partial charge in [-0.25, -0.2) is 0 Å². The van der Waals surface area contributed by atoms with Crippen LogP contribution in [0.2, 0.25) is 0 Å². The fraction of sp³-hybridized carbons (Fsp3) is 0.258. The van der Waals surface area contributed by atoms with Crippen LogP contribution in [0.5, 0.6) is 0 Å². The molecule has 1 aliphatic carbocycles. The molecule has 2 heteroatoms. The van der Waals surface area contributed by atoms with E-state index >= 15 is 0 Å². The maximum atomic E-state index is 4.93. The van der Waals surface area contributed by atoms with E-state index in [9.17, 15) is 0 Å². The van der Waals surface area contributed by atoms with E-state index in [1.807, 2.05) is 18.0 Å². The summed E-state index contributed by atoms with van der Waals surface area (Å²) in [5.74, 6) is 0.873. The Labute approximate surface area is 199 Å². The van der Waals surface area contributed by atoms with E-state index in [0.29, 0.717) is 0 Å². The van der Waals surface area contributed by atoms with Crippen molar-refractivity contribution in [2.45, 2.75) is 55.7 Å². The number of pyridine rings is 1. The Kier molecular flexibility index (Phi) is 4.36. The van der Waals surface area contributed by atoms with Gasteiger partial charge in [-0.05, 0) is 82.4 Å². The molecule has 0 atom stereocenters. The van der Waals surface area contributed by atoms with Gasteiger partial charge in [-0.3, -0.25) is 4.98 Å². The van der Waals surface area contributed by atoms with Crippen molar-refractivity contribution in [3.8, 4) is 11.3 Å². The largest absolute Gasteiger partial charge is 0.256 e. The van der Waals surface area contributed by atoms with E-state index in [1.165, 1.54) is 96.5 Å². The Bertz CT molecular complexity index is 1590. The molecule has 2 heterocycles. The van der Waals surface area contributed by atoms with Crippen molar-refractivity contribution in [2.24, 2.45) is 5.92 Å². The second-order valence-corrected chi connectivity index (χ2v) is 11.1. The van der Waals surface area contributed by atoms with Gasteiger partial charge in [-0.15, -0.1) is 0 Å². The number of rotatable bonds is 2. The van der Waals surface area contributed by atoms with Gasteiger partial charge in [0.05, 0.1) is 5.69 Å². The van der Waals surface area contributed by atoms with Gasteiger partial charge in [-0.2, -0.15) is 0 Å². The van der Waals surface area contributed by atoms with E-state index in [4.69, 9.17) is 4.98 Å². The molecule has 7 rings (SSSR count). The van der Waals surface area contributed by atoms with Gasteiger partial charge in [0.2, 0.25) is 0 Å². The fourth-order valence-corrected chi connectivity index (χ4v) is 7.43. The van der Waals surface area contributed by atoms with E-state index in [1.54, 1.807) is 0 Å². The van der Waals surface area contributed by atoms with Crippen LogP contribution in [0.3, 0.4) is 0 Å². The molecule has 0 radical (unpaired) electrons. The van der Waals surface area contributed by atoms with Gasteiger partial charge < -0.3 is 0 Å². The third-order valence-electron chi connectivity index (χ3n) is 7.85. The van der Waals surface area contributed by atoms with Crippen molar-refractivity contribution in [3.05, 3.63) is 77.5 Å². The first-order valence-corrected chi connectivity index (χ1v) is 13.0. The topological polar surface area (TPSA) is 12.9 Å². The minimum absolute atomic E-state index is 0.873. The molecule has 0 saturated heterocycles. The molecule has 0 unspecified atom stereocenters. The van der Waals surface area contributed by atoms with E-state index in [-0.39, 0.29) is 0 Å². The van der Waals surface area contributed by atoms with Crippen molar-refractivity contribution in [2.75, 3.05) is 0 Å². The molecule has 1 aromatic heterocycles. The van der Waals surface area contributed by atoms with Crippen LogP contribution in [-0.2, 0) is 6.42 Å². The monoisotopic (exact) mass is 445 g/mol. The van der Waals surface area contributed by atoms with Crippen LogP contribution in [0.1, 0.15) is 42.4 Å². The molecule has 1 nitrogen and oxygen atoms in total. The molecule has 2 aliphatic rings. The first-order chi connectivity index (χ1) is 16.2. The van der Waals surface area contributed by atoms with Crippen LogP contribution >= 0.6 is 11.8 Å². The average Bonchev–Trinajstić information content (AvgIpc) is 3.33. The molecular formula is C31H27NS. The van der Waals surface area contributed by atoms with Crippen molar-refractivity contribution >= 4 is 44.1 Å². The zero-order valence-electron chi connectivity index (χ0n) is 19.2. The van der Waals surface area contributed by atoms with Crippen LogP contribution < -0.4 is 0 Å². The molecule has 162 valence electrons. The molecule has 33 heavy (non-hydrogen) atoms. The zero-order valence-corrected chi connectivity index (χ0v) is 20.1. The predicted molar refractivity (Wildman–Crippen MR) is 141 cm³/mol. The molecule has 0 bridgehead atoms. The smallest absolute Gasteiger partial charge is 0.0803 e. The van der Waals surface area contributed by atoms with Crippen LogP contribution in [-0.4, -0.2) is 4.98 Å². The second-order valence-electron chi connectivity index (χ2n) is 10.1. The Morgan fingerprint density at radius 3 is 2.55 bits per heavy atom. The van der Waals surface area contributed by atoms with Crippen LogP contribution in [0.25, 0.3) is 43.6 Å². The van der Waals surface area contributed by atoms with Gasteiger partial charge in [-0.1, -0.05) is 79.4 Å². The summed E-state index contributed by atoms with van der Waals surface area (Å²) in [5.41, 5.74) is 6.59. The number of fused-ring (bicyclic) bond motifs is 5. The quantitative estimate of drug-likeness (QED) is 0.247. The Morgan fingerprint density at radius 1 is 0.848 bits per heavy atom. The van der Waals surface area contributed by atoms with Gasteiger partial charge in [0.1, 0.15) is 0 Å². The van der Waals surface area contributed by atoms with Crippen molar-refractivity contribution in [1.82, 2.24) is 4.98 Å². The molecule has 1 fully saturated rings. The van der Waals surface area contributed by atoms with Crippen molar-refractivity contribution < 1.29 is 0 Å². The highest BCUT2D eigenvalue weighted by Gasteiger charge is 2.24. The maximum Gasteiger partial charge on any atom is 0.0803 e. The summed E-state index contributed by atoms with van der Waals surface area (Å²) in [5, 5.41) is 8.03. The standard InChI is InChI=1S/C31H27NS/c1-18-7-9-24-19(2)31-27(16-22(24)13-18)30-29-26(11-12-32-30)25-10-8-21(14-20-5-3-4-6-20)15-23(25)17-28(29)33-31/h7-13,15-17,20H,3-6,14H2,1-2H3. The molecule has 1 aliphatic heterocycles. The number of hydrogen-bond donors (Lipinski definition) is 0. The van der Waals surface area contributed by atoms with Gasteiger partial charge >= 0.3 is 0 Å². The first kappa shape index (κ1) is 19.6. The normalized spacial score (nSPS) is 15.6. The van der Waals surface area contributed by atoms with Crippen LogP contribution in [0.15, 0.2) is 70.6 Å². The Hall–Kier alpha value is -2.84. The number of nitrogens with zero attached hydrogens (tertiary/aromatic N) is 1. The van der Waals surface area contributed by atoms with E-state index in [2.05, 4.69) is 68.4 Å². The summed E-state index contributed by atoms with van der Waals surface area (Å²) < 4.78 is 0. The number of benzene rings is 4. The van der Waals surface area contributed by atoms with Crippen molar-refractivity contribution in [3.63, 3.8) is 0 Å². The maximum absolute atomic E-state index is 4.93. The highest BCUT2D eigenvalue weighted by atomic mass is 32.2. The van der Waals surface area contributed by atoms with Crippen LogP contribution in [0, 0.1) is 19.8 Å². The fourth-order valence-electron chi connectivity index (χ4n) is 6.19. The second kappa shape index (κ2) is 7.33. The lowest BCUT2D eigenvalue weighted by Crippen LogP contribution is -2.00. The summed E-state index contributed by atoms with van der Waals surface area (Å²) >= 11 is 1.93. The van der Waals surface area contributed by atoms with Gasteiger partial charge in [0, 0.05) is 26.9 Å². The Balaban J connectivity index is 1.46. The molecular weight excluding hydrogens is 418 g/mol. The molecule has 0 N–H and O–H groups in total. The molecule has 1 saturated carbocycles. The minimum atomic E-state index is 0.873. The third-order valence-corrected chi connectivity index (χ3v) is 9.12. The lowest BCUT2D eigenvalue weighted by atomic mass is 9.92. The van der Waals surface area contributed by atoms with Gasteiger partial charge in [0.15, 0.2) is 0 Å². The predicted octanol–water partition coefficient (Wildman–Crippen LogP) is 9.02. The zero-order chi connectivity index (χ0) is 22.1. The minimum Gasteiger partial charge on any atom is -0.256 e. The number of aryl methyl sites for hydroxylation is 2. The molecule has 4 aromatic carbocycles. The summed E-state index contributed by atoms with van der Waals surface area (Å²) in [6, 6.07) is 21.0. The summed E-state index contributed by atoms with van der Waals surface area (Å²) in [6.07, 6.45) is 8.85. The lowest BCUT2D eigenvalue weighted by molar-refractivity contribution is 0.547. The van der Waals surface area contributed by atoms with Gasteiger partial charge in [0.25, 0.3) is 0 Å². The molecule has 0 amide bonds. The van der Waals surface area contributed by atoms with E-state index < -0.39 is 0 Å². The Morgan fingerprint density at radius 2 is 1.67 bits per heavy atom. The molecule has 0 spiro atoms. The van der Waals surface area contributed by atoms with Crippen molar-refractivity contribution in [1.29, 1.82) is 0 Å². The summed E-state index contributed by atoms with van der Waals surface area (Å²) in [6.45, 7) is 4.44. The highest BCUT2D eigenvalue weighted by Crippen LogP contribution is 2.51. The number of aromatic nitrogens is 1. The SMILES string of the molecule is Cc1ccc2c(C)c3c(cc2c1)-c1nccc2c1c(cc1cc(CC4CCCC4)ccc12)S3. The van der Waals surface area contributed by atoms with Crippen LogP contribution in [0.4, 0.5) is 0 Å². The lowest BCUT2D eigenvalue weighted by Gasteiger charge is -2.23. The van der Waals surface area contributed by atoms with E-state index in [0.717, 1.165) is 11.6 Å². The highest BCUT2D eigenvalue weighted by molar-refractivity contribution is 8.00. The summed E-state index contributed by atoms with van der Waals surface area (Å²) in [7, 11) is 0. The number of hydrogen-bond acceptors (Lipinski definition) is 2. The third kappa shape index (κ3) is 3.04. The average molecular weight is 446 g/mol. The molecule has 5 aromatic rings. The summed E-state index contributed by atoms with van der Waals surface area (Å²) in [4.78, 5) is 7.64.